The normalized spacial score (nSPS) is 17.6. The number of fused-ring (bicyclic) bond motifs is 3. The van der Waals surface area contributed by atoms with Gasteiger partial charge < -0.3 is 19.5 Å². The number of aryl methyl sites for hydroxylation is 1. The number of ether oxygens (including phenoxy) is 1. The van der Waals surface area contributed by atoms with Crippen molar-refractivity contribution < 1.29 is 14.3 Å². The van der Waals surface area contributed by atoms with Crippen molar-refractivity contribution in [1.29, 1.82) is 0 Å². The number of allylic oxidation sites excluding steroid dienone is 1. The number of carbonyl (C=O) groups excluding carboxylic acids is 2. The molecule has 1 atom stereocenters. The van der Waals surface area contributed by atoms with Crippen LogP contribution in [0.15, 0.2) is 60.2 Å². The van der Waals surface area contributed by atoms with Crippen LogP contribution in [0.2, 0.25) is 0 Å². The lowest BCUT2D eigenvalue weighted by Gasteiger charge is -2.26. The van der Waals surface area contributed by atoms with E-state index in [-0.39, 0.29) is 24.4 Å². The Balaban J connectivity index is 1.43. The van der Waals surface area contributed by atoms with Crippen molar-refractivity contribution >= 4 is 22.7 Å². The van der Waals surface area contributed by atoms with Crippen molar-refractivity contribution in [2.75, 3.05) is 20.2 Å². The lowest BCUT2D eigenvalue weighted by atomic mass is 9.97. The van der Waals surface area contributed by atoms with Crippen LogP contribution < -0.4 is 10.1 Å². The molecule has 6 nitrogen and oxygen atoms in total. The highest BCUT2D eigenvalue weighted by Crippen LogP contribution is 2.43. The van der Waals surface area contributed by atoms with Crippen molar-refractivity contribution in [3.8, 4) is 5.75 Å². The zero-order valence-electron chi connectivity index (χ0n) is 19.8. The van der Waals surface area contributed by atoms with Gasteiger partial charge in [-0.3, -0.25) is 9.59 Å². The van der Waals surface area contributed by atoms with Crippen LogP contribution in [0.5, 0.6) is 5.75 Å². The van der Waals surface area contributed by atoms with Gasteiger partial charge in [-0.05, 0) is 55.9 Å². The smallest absolute Gasteiger partial charge is 0.272 e. The monoisotopic (exact) mass is 457 g/mol. The first kappa shape index (κ1) is 22.3. The number of rotatable bonds is 7. The van der Waals surface area contributed by atoms with E-state index in [2.05, 4.69) is 17.5 Å². The Morgan fingerprint density at radius 1 is 1.12 bits per heavy atom. The summed E-state index contributed by atoms with van der Waals surface area (Å²) >= 11 is 0. The molecule has 0 bridgehead atoms. The first-order valence-corrected chi connectivity index (χ1v) is 12.1. The van der Waals surface area contributed by atoms with Gasteiger partial charge in [0.1, 0.15) is 18.0 Å². The number of carbonyl (C=O) groups is 2. The third-order valence-corrected chi connectivity index (χ3v) is 7.09. The molecule has 1 aromatic heterocycles. The van der Waals surface area contributed by atoms with E-state index in [1.807, 2.05) is 54.1 Å². The molecule has 0 saturated heterocycles. The van der Waals surface area contributed by atoms with Crippen LogP contribution in [0.25, 0.3) is 10.9 Å². The van der Waals surface area contributed by atoms with E-state index in [4.69, 9.17) is 4.74 Å². The third kappa shape index (κ3) is 3.98. The molecular formula is C28H31N3O3. The summed E-state index contributed by atoms with van der Waals surface area (Å²) in [7, 11) is 3.56. The van der Waals surface area contributed by atoms with Crippen LogP contribution in [0.3, 0.4) is 0 Å². The van der Waals surface area contributed by atoms with Crippen LogP contribution in [0.4, 0.5) is 0 Å². The summed E-state index contributed by atoms with van der Waals surface area (Å²) in [6.07, 6.45) is 7.95. The second-order valence-electron chi connectivity index (χ2n) is 9.16. The topological polar surface area (TPSA) is 63.6 Å². The molecule has 2 heterocycles. The Morgan fingerprint density at radius 3 is 2.65 bits per heavy atom. The molecular weight excluding hydrogens is 426 g/mol. The predicted octanol–water partition coefficient (Wildman–Crippen LogP) is 4.74. The van der Waals surface area contributed by atoms with E-state index in [1.54, 1.807) is 12.0 Å². The third-order valence-electron chi connectivity index (χ3n) is 7.09. The maximum atomic E-state index is 13.6. The van der Waals surface area contributed by atoms with Gasteiger partial charge in [-0.1, -0.05) is 42.0 Å². The summed E-state index contributed by atoms with van der Waals surface area (Å²) in [5.41, 5.74) is 5.03. The van der Waals surface area contributed by atoms with Crippen LogP contribution in [0.1, 0.15) is 59.8 Å². The number of nitrogens with zero attached hydrogens (tertiary/aromatic N) is 2. The molecule has 2 aliphatic rings. The molecule has 1 N–H and O–H groups in total. The molecule has 6 heteroatoms. The van der Waals surface area contributed by atoms with Crippen LogP contribution in [-0.4, -0.2) is 41.5 Å². The van der Waals surface area contributed by atoms with Crippen molar-refractivity contribution in [1.82, 2.24) is 14.8 Å². The van der Waals surface area contributed by atoms with E-state index < -0.39 is 0 Å². The second kappa shape index (κ2) is 9.37. The first-order chi connectivity index (χ1) is 16.6. The number of hydrogen-bond donors (Lipinski definition) is 1. The minimum absolute atomic E-state index is 0.0254. The molecule has 1 aliphatic carbocycles. The number of hydrogen-bond acceptors (Lipinski definition) is 3. The number of benzene rings is 2. The molecule has 2 aromatic carbocycles. The van der Waals surface area contributed by atoms with Gasteiger partial charge in [-0.25, -0.2) is 0 Å². The highest BCUT2D eigenvalue weighted by Gasteiger charge is 2.42. The number of amides is 2. The zero-order chi connectivity index (χ0) is 23.7. The maximum Gasteiger partial charge on any atom is 0.272 e. The summed E-state index contributed by atoms with van der Waals surface area (Å²) in [6.45, 7) is 0.632. The van der Waals surface area contributed by atoms with E-state index in [0.29, 0.717) is 12.2 Å². The lowest BCUT2D eigenvalue weighted by Crippen LogP contribution is -2.40. The van der Waals surface area contributed by atoms with E-state index >= 15 is 0 Å². The largest absolute Gasteiger partial charge is 0.497 e. The molecule has 3 aromatic rings. The van der Waals surface area contributed by atoms with Gasteiger partial charge >= 0.3 is 0 Å². The Labute approximate surface area is 200 Å². The SMILES string of the molecule is COc1ccc(C2c3c(n(C)c4ccccc34)C(=O)N2CC(=O)NCCC2=CCCCC2)cc1. The molecule has 0 radical (unpaired) electrons. The Kier molecular flexibility index (Phi) is 6.14. The highest BCUT2D eigenvalue weighted by atomic mass is 16.5. The lowest BCUT2D eigenvalue weighted by molar-refractivity contribution is -0.122. The van der Waals surface area contributed by atoms with E-state index in [9.17, 15) is 9.59 Å². The van der Waals surface area contributed by atoms with Crippen molar-refractivity contribution in [2.45, 2.75) is 38.1 Å². The number of para-hydroxylation sites is 1. The molecule has 176 valence electrons. The van der Waals surface area contributed by atoms with E-state index in [0.717, 1.165) is 47.0 Å². The van der Waals surface area contributed by atoms with Crippen LogP contribution >= 0.6 is 0 Å². The molecule has 1 aliphatic heterocycles. The van der Waals surface area contributed by atoms with Crippen molar-refractivity contribution in [3.63, 3.8) is 0 Å². The summed E-state index contributed by atoms with van der Waals surface area (Å²) in [4.78, 5) is 28.3. The molecule has 1 unspecified atom stereocenters. The van der Waals surface area contributed by atoms with Crippen LogP contribution in [-0.2, 0) is 11.8 Å². The Bertz CT molecular complexity index is 1260. The summed E-state index contributed by atoms with van der Waals surface area (Å²) in [5, 5.41) is 4.08. The van der Waals surface area contributed by atoms with Crippen molar-refractivity contribution in [2.24, 2.45) is 7.05 Å². The molecule has 5 rings (SSSR count). The average Bonchev–Trinajstić information content (AvgIpc) is 3.32. The Hall–Kier alpha value is -3.54. The van der Waals surface area contributed by atoms with Gasteiger partial charge in [0.05, 0.1) is 13.2 Å². The highest BCUT2D eigenvalue weighted by molar-refractivity contribution is 6.07. The van der Waals surface area contributed by atoms with Gasteiger partial charge in [0, 0.05) is 30.1 Å². The fourth-order valence-corrected chi connectivity index (χ4v) is 5.37. The zero-order valence-corrected chi connectivity index (χ0v) is 19.8. The van der Waals surface area contributed by atoms with E-state index in [1.165, 1.54) is 18.4 Å². The quantitative estimate of drug-likeness (QED) is 0.522. The summed E-state index contributed by atoms with van der Waals surface area (Å²) < 4.78 is 7.28. The molecule has 2 amide bonds. The fourth-order valence-electron chi connectivity index (χ4n) is 5.37. The second-order valence-corrected chi connectivity index (χ2v) is 9.16. The average molecular weight is 458 g/mol. The van der Waals surface area contributed by atoms with Gasteiger partial charge in [-0.15, -0.1) is 0 Å². The predicted molar refractivity (Wildman–Crippen MR) is 133 cm³/mol. The first-order valence-electron chi connectivity index (χ1n) is 12.1. The summed E-state index contributed by atoms with van der Waals surface area (Å²) in [5.74, 6) is 0.521. The minimum atomic E-state index is -0.327. The number of nitrogens with one attached hydrogen (secondary N) is 1. The van der Waals surface area contributed by atoms with Crippen LogP contribution in [0, 0.1) is 0 Å². The molecule has 0 saturated carbocycles. The molecule has 0 spiro atoms. The van der Waals surface area contributed by atoms with Crippen molar-refractivity contribution in [3.05, 3.63) is 77.0 Å². The Morgan fingerprint density at radius 2 is 1.91 bits per heavy atom. The molecule has 34 heavy (non-hydrogen) atoms. The van der Waals surface area contributed by atoms with Gasteiger partial charge in [0.15, 0.2) is 0 Å². The number of aromatic nitrogens is 1. The molecule has 0 fully saturated rings. The minimum Gasteiger partial charge on any atom is -0.497 e. The summed E-state index contributed by atoms with van der Waals surface area (Å²) in [6, 6.07) is 15.5. The fraction of sp³-hybridized carbons (Fsp3) is 0.357. The number of methoxy groups -OCH3 is 1. The van der Waals surface area contributed by atoms with Gasteiger partial charge in [0.2, 0.25) is 5.91 Å². The van der Waals surface area contributed by atoms with Gasteiger partial charge in [-0.2, -0.15) is 0 Å². The van der Waals surface area contributed by atoms with Gasteiger partial charge in [0.25, 0.3) is 5.91 Å². The maximum absolute atomic E-state index is 13.6. The standard InChI is InChI=1S/C28H31N3O3/c1-30-23-11-7-6-10-22(23)25-26(20-12-14-21(34-2)15-13-20)31(28(33)27(25)30)18-24(32)29-17-16-19-8-4-3-5-9-19/h6-8,10-15,26H,3-5,9,16-18H2,1-2H3,(H,29,32).